The van der Waals surface area contributed by atoms with Crippen LogP contribution in [0.25, 0.3) is 0 Å². The fourth-order valence-corrected chi connectivity index (χ4v) is 1.30. The lowest BCUT2D eigenvalue weighted by atomic mass is 10.1. The van der Waals surface area contributed by atoms with Crippen molar-refractivity contribution < 1.29 is 0 Å². The van der Waals surface area contributed by atoms with Gasteiger partial charge >= 0.3 is 0 Å². The molecule has 0 aromatic rings. The smallest absolute Gasteiger partial charge is 0.0215 e. The summed E-state index contributed by atoms with van der Waals surface area (Å²) >= 11 is 0. The molecule has 1 fully saturated rings. The summed E-state index contributed by atoms with van der Waals surface area (Å²) in [4.78, 5) is 0. The van der Waals surface area contributed by atoms with Gasteiger partial charge in [-0.15, -0.1) is 0 Å². The van der Waals surface area contributed by atoms with E-state index in [1.807, 2.05) is 0 Å². The first kappa shape index (κ1) is 8.02. The first-order valence-corrected chi connectivity index (χ1v) is 4.25. The van der Waals surface area contributed by atoms with Crippen molar-refractivity contribution in [2.75, 3.05) is 19.6 Å². The molecule has 1 heterocycles. The van der Waals surface area contributed by atoms with Crippen molar-refractivity contribution in [2.45, 2.75) is 26.3 Å². The summed E-state index contributed by atoms with van der Waals surface area (Å²) in [5.74, 6) is 0.755. The quantitative estimate of drug-likeness (QED) is 0.560. The zero-order valence-corrected chi connectivity index (χ0v) is 6.98. The van der Waals surface area contributed by atoms with Crippen LogP contribution >= 0.6 is 0 Å². The molecule has 0 aromatic carbocycles. The SMILES string of the molecule is CC(C)[C@H]1CNCCCN1. The highest BCUT2D eigenvalue weighted by Gasteiger charge is 2.13. The van der Waals surface area contributed by atoms with Crippen LogP contribution in [0.2, 0.25) is 0 Å². The van der Waals surface area contributed by atoms with E-state index in [4.69, 9.17) is 0 Å². The van der Waals surface area contributed by atoms with Crippen LogP contribution < -0.4 is 10.6 Å². The zero-order chi connectivity index (χ0) is 7.40. The molecule has 0 aliphatic carbocycles. The van der Waals surface area contributed by atoms with Crippen molar-refractivity contribution >= 4 is 0 Å². The Morgan fingerprint density at radius 2 is 2.10 bits per heavy atom. The average molecular weight is 142 g/mol. The third-order valence-electron chi connectivity index (χ3n) is 2.11. The lowest BCUT2D eigenvalue weighted by Crippen LogP contribution is -2.39. The van der Waals surface area contributed by atoms with Crippen molar-refractivity contribution in [3.05, 3.63) is 0 Å². The van der Waals surface area contributed by atoms with Crippen molar-refractivity contribution in [1.29, 1.82) is 0 Å². The Morgan fingerprint density at radius 1 is 1.30 bits per heavy atom. The average Bonchev–Trinajstić information content (AvgIpc) is 2.12. The molecule has 1 aliphatic heterocycles. The summed E-state index contributed by atoms with van der Waals surface area (Å²) < 4.78 is 0. The molecule has 0 spiro atoms. The van der Waals surface area contributed by atoms with E-state index in [9.17, 15) is 0 Å². The number of rotatable bonds is 1. The normalized spacial score (nSPS) is 28.5. The van der Waals surface area contributed by atoms with Gasteiger partial charge in [-0.25, -0.2) is 0 Å². The Kier molecular flexibility index (Phi) is 3.16. The molecule has 1 atom stereocenters. The Morgan fingerprint density at radius 3 is 2.80 bits per heavy atom. The summed E-state index contributed by atoms with van der Waals surface area (Å²) in [6.45, 7) is 8.03. The Hall–Kier alpha value is -0.0800. The maximum absolute atomic E-state index is 3.52. The molecule has 60 valence electrons. The fourth-order valence-electron chi connectivity index (χ4n) is 1.30. The van der Waals surface area contributed by atoms with Gasteiger partial charge in [0.15, 0.2) is 0 Å². The molecule has 0 bridgehead atoms. The Balaban J connectivity index is 2.28. The highest BCUT2D eigenvalue weighted by molar-refractivity contribution is 4.75. The Labute approximate surface area is 63.4 Å². The lowest BCUT2D eigenvalue weighted by molar-refractivity contribution is 0.409. The van der Waals surface area contributed by atoms with Crippen LogP contribution in [0.3, 0.4) is 0 Å². The molecule has 0 radical (unpaired) electrons. The van der Waals surface area contributed by atoms with Gasteiger partial charge in [0.25, 0.3) is 0 Å². The molecule has 0 amide bonds. The first-order chi connectivity index (χ1) is 4.80. The second-order valence-corrected chi connectivity index (χ2v) is 3.36. The second kappa shape index (κ2) is 3.94. The molecule has 0 unspecified atom stereocenters. The van der Waals surface area contributed by atoms with Crippen LogP contribution in [-0.2, 0) is 0 Å². The van der Waals surface area contributed by atoms with Crippen LogP contribution in [0.4, 0.5) is 0 Å². The summed E-state index contributed by atoms with van der Waals surface area (Å²) in [6, 6.07) is 0.683. The van der Waals surface area contributed by atoms with E-state index in [0.717, 1.165) is 12.5 Å². The van der Waals surface area contributed by atoms with E-state index >= 15 is 0 Å². The van der Waals surface area contributed by atoms with E-state index in [2.05, 4.69) is 24.5 Å². The van der Waals surface area contributed by atoms with Gasteiger partial charge in [0.1, 0.15) is 0 Å². The summed E-state index contributed by atoms with van der Waals surface area (Å²) in [7, 11) is 0. The maximum Gasteiger partial charge on any atom is 0.0215 e. The highest BCUT2D eigenvalue weighted by atomic mass is 15.0. The van der Waals surface area contributed by atoms with Crippen LogP contribution in [0.15, 0.2) is 0 Å². The topological polar surface area (TPSA) is 24.1 Å². The monoisotopic (exact) mass is 142 g/mol. The van der Waals surface area contributed by atoms with E-state index < -0.39 is 0 Å². The standard InChI is InChI=1S/C8H18N2/c1-7(2)8-6-9-4-3-5-10-8/h7-10H,3-6H2,1-2H3/t8-/m1/s1. The van der Waals surface area contributed by atoms with Crippen molar-refractivity contribution in [3.63, 3.8) is 0 Å². The largest absolute Gasteiger partial charge is 0.315 e. The summed E-state index contributed by atoms with van der Waals surface area (Å²) in [6.07, 6.45) is 1.27. The number of hydrogen-bond donors (Lipinski definition) is 2. The van der Waals surface area contributed by atoms with Gasteiger partial charge < -0.3 is 10.6 Å². The summed E-state index contributed by atoms with van der Waals surface area (Å²) in [5.41, 5.74) is 0. The van der Waals surface area contributed by atoms with E-state index in [1.54, 1.807) is 0 Å². The van der Waals surface area contributed by atoms with Gasteiger partial charge in [0, 0.05) is 12.6 Å². The highest BCUT2D eigenvalue weighted by Crippen LogP contribution is 2.01. The molecule has 2 heteroatoms. The van der Waals surface area contributed by atoms with E-state index in [0.29, 0.717) is 6.04 Å². The molecule has 0 saturated carbocycles. The molecule has 1 saturated heterocycles. The number of hydrogen-bond acceptors (Lipinski definition) is 2. The molecular weight excluding hydrogens is 124 g/mol. The van der Waals surface area contributed by atoms with Gasteiger partial charge in [-0.05, 0) is 25.4 Å². The zero-order valence-electron chi connectivity index (χ0n) is 6.98. The predicted molar refractivity (Wildman–Crippen MR) is 44.1 cm³/mol. The van der Waals surface area contributed by atoms with Gasteiger partial charge in [-0.3, -0.25) is 0 Å². The maximum atomic E-state index is 3.52. The van der Waals surface area contributed by atoms with Crippen LogP contribution in [-0.4, -0.2) is 25.7 Å². The number of nitrogens with one attached hydrogen (secondary N) is 2. The van der Waals surface area contributed by atoms with E-state index in [-0.39, 0.29) is 0 Å². The van der Waals surface area contributed by atoms with Crippen LogP contribution in [0.5, 0.6) is 0 Å². The Bertz CT molecular complexity index is 83.3. The molecule has 1 rings (SSSR count). The molecule has 2 N–H and O–H groups in total. The predicted octanol–water partition coefficient (Wildman–Crippen LogP) is 0.594. The third-order valence-corrected chi connectivity index (χ3v) is 2.11. The van der Waals surface area contributed by atoms with Crippen LogP contribution in [0.1, 0.15) is 20.3 Å². The van der Waals surface area contributed by atoms with Gasteiger partial charge in [-0.2, -0.15) is 0 Å². The minimum Gasteiger partial charge on any atom is -0.315 e. The second-order valence-electron chi connectivity index (χ2n) is 3.36. The minimum absolute atomic E-state index is 0.683. The molecule has 0 aromatic heterocycles. The van der Waals surface area contributed by atoms with Crippen LogP contribution in [0, 0.1) is 5.92 Å². The fraction of sp³-hybridized carbons (Fsp3) is 1.00. The van der Waals surface area contributed by atoms with Crippen molar-refractivity contribution in [1.82, 2.24) is 10.6 Å². The third kappa shape index (κ3) is 2.27. The lowest BCUT2D eigenvalue weighted by Gasteiger charge is -2.19. The van der Waals surface area contributed by atoms with Gasteiger partial charge in [-0.1, -0.05) is 13.8 Å². The molecular formula is C8H18N2. The van der Waals surface area contributed by atoms with Crippen molar-refractivity contribution in [3.8, 4) is 0 Å². The first-order valence-electron chi connectivity index (χ1n) is 4.25. The molecule has 10 heavy (non-hydrogen) atoms. The van der Waals surface area contributed by atoms with Crippen molar-refractivity contribution in [2.24, 2.45) is 5.92 Å². The molecule has 1 aliphatic rings. The van der Waals surface area contributed by atoms with Gasteiger partial charge in [0.2, 0.25) is 0 Å². The summed E-state index contributed by atoms with van der Waals surface area (Å²) in [5, 5.41) is 6.93. The van der Waals surface area contributed by atoms with E-state index in [1.165, 1.54) is 19.5 Å². The van der Waals surface area contributed by atoms with Gasteiger partial charge in [0.05, 0.1) is 0 Å². The minimum atomic E-state index is 0.683. The molecule has 2 nitrogen and oxygen atoms in total.